The number of carboxylic acid groups (broad SMARTS) is 1. The highest BCUT2D eigenvalue weighted by molar-refractivity contribution is 5.89. The zero-order valence-corrected chi connectivity index (χ0v) is 13.4. The zero-order chi connectivity index (χ0) is 16.6. The van der Waals surface area contributed by atoms with Crippen molar-refractivity contribution < 1.29 is 19.5 Å². The van der Waals surface area contributed by atoms with E-state index < -0.39 is 24.0 Å². The fourth-order valence-electron chi connectivity index (χ4n) is 1.80. The molecular formula is C15H26N2O4. The quantitative estimate of drug-likeness (QED) is 0.591. The number of nitrogens with one attached hydrogen (secondary N) is 2. The Morgan fingerprint density at radius 2 is 1.62 bits per heavy atom. The fraction of sp³-hybridized carbons (Fsp3) is 0.667. The van der Waals surface area contributed by atoms with Crippen molar-refractivity contribution in [2.45, 2.75) is 59.5 Å². The average Bonchev–Trinajstić information content (AvgIpc) is 2.31. The van der Waals surface area contributed by atoms with E-state index in [1.54, 1.807) is 6.08 Å². The van der Waals surface area contributed by atoms with Gasteiger partial charge in [0.15, 0.2) is 0 Å². The van der Waals surface area contributed by atoms with Crippen LogP contribution in [0.1, 0.15) is 47.5 Å². The number of hydrogen-bond acceptors (Lipinski definition) is 3. The lowest BCUT2D eigenvalue weighted by Gasteiger charge is -2.21. The first-order valence-corrected chi connectivity index (χ1v) is 7.07. The first-order valence-electron chi connectivity index (χ1n) is 7.07. The van der Waals surface area contributed by atoms with Crippen molar-refractivity contribution >= 4 is 17.8 Å². The molecule has 2 atom stereocenters. The summed E-state index contributed by atoms with van der Waals surface area (Å²) in [7, 11) is 0. The first-order chi connectivity index (χ1) is 9.63. The number of amides is 2. The number of carbonyl (C=O) groups is 3. The molecule has 0 aromatic heterocycles. The molecule has 0 radical (unpaired) electrons. The number of hydrogen-bond donors (Lipinski definition) is 3. The molecule has 3 N–H and O–H groups in total. The van der Waals surface area contributed by atoms with Crippen LogP contribution in [0, 0.1) is 5.92 Å². The molecule has 0 aliphatic carbocycles. The van der Waals surface area contributed by atoms with Gasteiger partial charge in [0.2, 0.25) is 11.8 Å². The van der Waals surface area contributed by atoms with Gasteiger partial charge in [-0.25, -0.2) is 4.79 Å². The second-order valence-electron chi connectivity index (χ2n) is 5.80. The van der Waals surface area contributed by atoms with Crippen LogP contribution in [0.2, 0.25) is 0 Å². The smallest absolute Gasteiger partial charge is 0.326 e. The van der Waals surface area contributed by atoms with Gasteiger partial charge in [0.1, 0.15) is 12.1 Å². The first kappa shape index (κ1) is 19.1. The molecule has 0 saturated heterocycles. The molecule has 120 valence electrons. The van der Waals surface area contributed by atoms with Gasteiger partial charge in [-0.05, 0) is 32.6 Å². The molecule has 0 unspecified atom stereocenters. The minimum Gasteiger partial charge on any atom is -0.480 e. The summed E-state index contributed by atoms with van der Waals surface area (Å²) in [4.78, 5) is 34.5. The lowest BCUT2D eigenvalue weighted by atomic mass is 10.0. The summed E-state index contributed by atoms with van der Waals surface area (Å²) in [5.74, 6) is -1.67. The van der Waals surface area contributed by atoms with Crippen LogP contribution in [-0.2, 0) is 14.4 Å². The van der Waals surface area contributed by atoms with E-state index in [4.69, 9.17) is 5.11 Å². The highest BCUT2D eigenvalue weighted by atomic mass is 16.4. The monoisotopic (exact) mass is 298 g/mol. The Bertz CT molecular complexity index is 412. The van der Waals surface area contributed by atoms with Crippen molar-refractivity contribution in [3.63, 3.8) is 0 Å². The van der Waals surface area contributed by atoms with Crippen molar-refractivity contribution in [2.75, 3.05) is 0 Å². The molecule has 0 saturated carbocycles. The third kappa shape index (κ3) is 8.83. The normalized spacial score (nSPS) is 13.2. The third-order valence-electron chi connectivity index (χ3n) is 2.78. The molecule has 0 bridgehead atoms. The highest BCUT2D eigenvalue weighted by Crippen LogP contribution is 2.06. The van der Waals surface area contributed by atoms with Gasteiger partial charge in [-0.2, -0.15) is 0 Å². The van der Waals surface area contributed by atoms with Gasteiger partial charge in [-0.1, -0.05) is 25.5 Å². The van der Waals surface area contributed by atoms with Crippen molar-refractivity contribution in [3.8, 4) is 0 Å². The maximum absolute atomic E-state index is 12.2. The van der Waals surface area contributed by atoms with Crippen LogP contribution in [0.3, 0.4) is 0 Å². The molecule has 21 heavy (non-hydrogen) atoms. The predicted octanol–water partition coefficient (Wildman–Crippen LogP) is 1.46. The van der Waals surface area contributed by atoms with E-state index in [-0.39, 0.29) is 18.2 Å². The minimum absolute atomic E-state index is 0.202. The lowest BCUT2D eigenvalue weighted by molar-refractivity contribution is -0.142. The molecule has 0 aromatic rings. The van der Waals surface area contributed by atoms with Crippen LogP contribution in [0.15, 0.2) is 11.6 Å². The molecule has 0 heterocycles. The van der Waals surface area contributed by atoms with Crippen molar-refractivity contribution in [3.05, 3.63) is 11.6 Å². The number of carbonyl (C=O) groups excluding carboxylic acids is 2. The van der Waals surface area contributed by atoms with Crippen LogP contribution in [0.5, 0.6) is 0 Å². The van der Waals surface area contributed by atoms with E-state index in [0.717, 1.165) is 5.57 Å². The molecule has 0 rings (SSSR count). The molecular weight excluding hydrogens is 272 g/mol. The van der Waals surface area contributed by atoms with Gasteiger partial charge in [0.25, 0.3) is 0 Å². The van der Waals surface area contributed by atoms with Gasteiger partial charge in [-0.3, -0.25) is 9.59 Å². The topological polar surface area (TPSA) is 95.5 Å². The Kier molecular flexibility index (Phi) is 8.35. The second kappa shape index (κ2) is 9.15. The average molecular weight is 298 g/mol. The summed E-state index contributed by atoms with van der Waals surface area (Å²) >= 11 is 0. The molecule has 0 fully saturated rings. The molecule has 0 spiro atoms. The molecule has 0 aliphatic rings. The standard InChI is InChI=1S/C15H26N2O4/c1-9(2)6-7-12(15(20)21)17-14(19)13(8-10(3)4)16-11(5)18/h6,10,12-13H,7-8H2,1-5H3,(H,16,18)(H,17,19)(H,20,21)/t12-,13-/m0/s1. The Hall–Kier alpha value is -1.85. The summed E-state index contributed by atoms with van der Waals surface area (Å²) in [6.07, 6.45) is 2.44. The molecule has 0 aliphatic heterocycles. The Morgan fingerprint density at radius 3 is 2.00 bits per heavy atom. The SMILES string of the molecule is CC(=O)N[C@@H](CC(C)C)C(=O)N[C@@H](CC=C(C)C)C(=O)O. The van der Waals surface area contributed by atoms with Crippen LogP contribution in [0.25, 0.3) is 0 Å². The number of allylic oxidation sites excluding steroid dienone is 1. The zero-order valence-electron chi connectivity index (χ0n) is 13.4. The van der Waals surface area contributed by atoms with Gasteiger partial charge >= 0.3 is 5.97 Å². The minimum atomic E-state index is -1.09. The summed E-state index contributed by atoms with van der Waals surface area (Å²) in [6, 6.07) is -1.70. The number of aliphatic carboxylic acids is 1. The third-order valence-corrected chi connectivity index (χ3v) is 2.78. The van der Waals surface area contributed by atoms with Crippen molar-refractivity contribution in [1.82, 2.24) is 10.6 Å². The molecule has 2 amide bonds. The largest absolute Gasteiger partial charge is 0.480 e. The summed E-state index contributed by atoms with van der Waals surface area (Å²) in [5, 5.41) is 14.2. The van der Waals surface area contributed by atoms with Gasteiger partial charge in [0, 0.05) is 6.92 Å². The van der Waals surface area contributed by atoms with Crippen LogP contribution < -0.4 is 10.6 Å². The fourth-order valence-corrected chi connectivity index (χ4v) is 1.80. The maximum atomic E-state index is 12.2. The van der Waals surface area contributed by atoms with E-state index in [1.807, 2.05) is 27.7 Å². The van der Waals surface area contributed by atoms with E-state index in [2.05, 4.69) is 10.6 Å². The maximum Gasteiger partial charge on any atom is 0.326 e. The van der Waals surface area contributed by atoms with Crippen molar-refractivity contribution in [2.24, 2.45) is 5.92 Å². The molecule has 6 heteroatoms. The van der Waals surface area contributed by atoms with Gasteiger partial charge < -0.3 is 15.7 Å². The highest BCUT2D eigenvalue weighted by Gasteiger charge is 2.25. The Morgan fingerprint density at radius 1 is 1.05 bits per heavy atom. The van der Waals surface area contributed by atoms with Crippen LogP contribution >= 0.6 is 0 Å². The summed E-state index contributed by atoms with van der Waals surface area (Å²) in [5.41, 5.74) is 0.982. The molecule has 6 nitrogen and oxygen atoms in total. The van der Waals surface area contributed by atoms with Gasteiger partial charge in [-0.15, -0.1) is 0 Å². The number of carboxylic acids is 1. The summed E-state index contributed by atoms with van der Waals surface area (Å²) in [6.45, 7) is 8.91. The second-order valence-corrected chi connectivity index (χ2v) is 5.80. The van der Waals surface area contributed by atoms with Crippen LogP contribution in [0.4, 0.5) is 0 Å². The van der Waals surface area contributed by atoms with E-state index in [0.29, 0.717) is 6.42 Å². The predicted molar refractivity (Wildman–Crippen MR) is 80.7 cm³/mol. The Balaban J connectivity index is 4.85. The Labute approximate surface area is 126 Å². The summed E-state index contributed by atoms with van der Waals surface area (Å²) < 4.78 is 0. The number of rotatable bonds is 8. The lowest BCUT2D eigenvalue weighted by Crippen LogP contribution is -2.51. The van der Waals surface area contributed by atoms with Crippen molar-refractivity contribution in [1.29, 1.82) is 0 Å². The van der Waals surface area contributed by atoms with E-state index in [1.165, 1.54) is 6.92 Å². The van der Waals surface area contributed by atoms with E-state index in [9.17, 15) is 14.4 Å². The van der Waals surface area contributed by atoms with E-state index >= 15 is 0 Å². The molecule has 0 aromatic carbocycles. The van der Waals surface area contributed by atoms with Crippen LogP contribution in [-0.4, -0.2) is 35.0 Å². The van der Waals surface area contributed by atoms with Gasteiger partial charge in [0.05, 0.1) is 0 Å².